The fourth-order valence-corrected chi connectivity index (χ4v) is 3.12. The van der Waals surface area contributed by atoms with Crippen molar-refractivity contribution < 1.29 is 14.2 Å². The molecule has 0 radical (unpaired) electrons. The molecule has 2 aromatic rings. The van der Waals surface area contributed by atoms with E-state index in [2.05, 4.69) is 23.2 Å². The Labute approximate surface area is 146 Å². The molecule has 0 fully saturated rings. The molecule has 7 nitrogen and oxygen atoms in total. The van der Waals surface area contributed by atoms with Crippen LogP contribution >= 0.6 is 0 Å². The second-order valence-electron chi connectivity index (χ2n) is 5.70. The molecule has 3 N–H and O–H groups in total. The molecule has 25 heavy (non-hydrogen) atoms. The maximum absolute atomic E-state index is 9.68. The van der Waals surface area contributed by atoms with Crippen molar-refractivity contribution in [2.24, 2.45) is 5.73 Å². The van der Waals surface area contributed by atoms with E-state index in [4.69, 9.17) is 19.9 Å². The number of H-pyrrole nitrogens is 1. The number of aromatic nitrogens is 2. The average molecular weight is 340 g/mol. The number of hydrogen-bond acceptors (Lipinski definition) is 6. The number of aromatic amines is 1. The van der Waals surface area contributed by atoms with Crippen LogP contribution in [0, 0.1) is 11.3 Å². The third kappa shape index (κ3) is 2.76. The zero-order valence-corrected chi connectivity index (χ0v) is 14.4. The quantitative estimate of drug-likeness (QED) is 0.866. The molecule has 130 valence electrons. The lowest BCUT2D eigenvalue weighted by Gasteiger charge is -2.25. The minimum Gasteiger partial charge on any atom is -0.497 e. The first-order chi connectivity index (χ1) is 12.1. The molecule has 0 unspecified atom stereocenters. The number of methoxy groups -OCH3 is 2. The van der Waals surface area contributed by atoms with E-state index in [1.165, 1.54) is 0 Å². The molecule has 0 saturated carbocycles. The van der Waals surface area contributed by atoms with Crippen LogP contribution in [0.2, 0.25) is 0 Å². The normalized spacial score (nSPS) is 16.0. The maximum atomic E-state index is 9.68. The summed E-state index contributed by atoms with van der Waals surface area (Å²) in [6.07, 6.45) is 1.72. The molecule has 0 saturated heterocycles. The topological polar surface area (TPSA) is 106 Å². The van der Waals surface area contributed by atoms with Gasteiger partial charge in [-0.25, -0.2) is 0 Å². The number of rotatable bonds is 5. The first kappa shape index (κ1) is 16.7. The van der Waals surface area contributed by atoms with Crippen molar-refractivity contribution in [3.05, 3.63) is 46.5 Å². The van der Waals surface area contributed by atoms with E-state index in [-0.39, 0.29) is 5.88 Å². The summed E-state index contributed by atoms with van der Waals surface area (Å²) in [7, 11) is 3.18. The number of ether oxygens (including phenoxy) is 3. The predicted molar refractivity (Wildman–Crippen MR) is 91.4 cm³/mol. The van der Waals surface area contributed by atoms with E-state index in [0.717, 1.165) is 29.7 Å². The number of benzene rings is 1. The number of aryl methyl sites for hydroxylation is 1. The Morgan fingerprint density at radius 3 is 2.80 bits per heavy atom. The van der Waals surface area contributed by atoms with Gasteiger partial charge in [-0.15, -0.1) is 5.10 Å². The van der Waals surface area contributed by atoms with Crippen LogP contribution in [0.1, 0.15) is 36.1 Å². The van der Waals surface area contributed by atoms with Gasteiger partial charge in [0.2, 0.25) is 11.8 Å². The zero-order valence-electron chi connectivity index (χ0n) is 14.4. The van der Waals surface area contributed by atoms with Crippen LogP contribution in [0.5, 0.6) is 17.4 Å². The summed E-state index contributed by atoms with van der Waals surface area (Å²) in [4.78, 5) is 0. The van der Waals surface area contributed by atoms with Crippen LogP contribution in [0.15, 0.2) is 29.7 Å². The van der Waals surface area contributed by atoms with Crippen LogP contribution in [0.4, 0.5) is 0 Å². The fraction of sp³-hybridized carbons (Fsp3) is 0.333. The van der Waals surface area contributed by atoms with Gasteiger partial charge < -0.3 is 19.9 Å². The van der Waals surface area contributed by atoms with Crippen LogP contribution in [-0.2, 0) is 6.42 Å². The van der Waals surface area contributed by atoms with Gasteiger partial charge >= 0.3 is 0 Å². The highest BCUT2D eigenvalue weighted by Gasteiger charge is 2.36. The largest absolute Gasteiger partial charge is 0.497 e. The van der Waals surface area contributed by atoms with Crippen LogP contribution < -0.4 is 19.9 Å². The number of fused-ring (bicyclic) bond motifs is 1. The molecule has 3 rings (SSSR count). The zero-order chi connectivity index (χ0) is 18.0. The molecular formula is C18H20N4O3. The highest BCUT2D eigenvalue weighted by atomic mass is 16.5. The highest BCUT2D eigenvalue weighted by Crippen LogP contribution is 2.46. The van der Waals surface area contributed by atoms with Crippen molar-refractivity contribution in [1.29, 1.82) is 5.26 Å². The Kier molecular flexibility index (Phi) is 4.52. The molecular weight excluding hydrogens is 320 g/mol. The van der Waals surface area contributed by atoms with Crippen molar-refractivity contribution in [3.8, 4) is 23.4 Å². The minimum atomic E-state index is -0.407. The lowest BCUT2D eigenvalue weighted by atomic mass is 9.83. The Morgan fingerprint density at radius 2 is 2.16 bits per heavy atom. The van der Waals surface area contributed by atoms with Crippen LogP contribution in [0.25, 0.3) is 0 Å². The van der Waals surface area contributed by atoms with Gasteiger partial charge in [-0.1, -0.05) is 19.4 Å². The minimum absolute atomic E-state index is 0.0624. The number of nitrogens with two attached hydrogens (primary N) is 1. The van der Waals surface area contributed by atoms with E-state index in [1.54, 1.807) is 20.3 Å². The highest BCUT2D eigenvalue weighted by molar-refractivity contribution is 5.59. The molecule has 1 atom stereocenters. The van der Waals surface area contributed by atoms with Gasteiger partial charge in [0, 0.05) is 17.3 Å². The third-order valence-electron chi connectivity index (χ3n) is 4.27. The monoisotopic (exact) mass is 340 g/mol. The van der Waals surface area contributed by atoms with E-state index >= 15 is 0 Å². The molecule has 7 heteroatoms. The summed E-state index contributed by atoms with van der Waals surface area (Å²) < 4.78 is 16.4. The molecule has 1 aliphatic rings. The van der Waals surface area contributed by atoms with Crippen molar-refractivity contribution in [2.45, 2.75) is 25.7 Å². The van der Waals surface area contributed by atoms with E-state index < -0.39 is 5.92 Å². The number of hydrogen-bond donors (Lipinski definition) is 2. The Bertz CT molecular complexity index is 864. The molecule has 1 aromatic carbocycles. The summed E-state index contributed by atoms with van der Waals surface area (Å²) in [6.45, 7) is 2.08. The van der Waals surface area contributed by atoms with Gasteiger partial charge in [-0.05, 0) is 12.5 Å². The Hall–Kier alpha value is -3.14. The molecule has 1 aromatic heterocycles. The Balaban J connectivity index is 2.23. The van der Waals surface area contributed by atoms with Gasteiger partial charge in [0.1, 0.15) is 23.1 Å². The number of allylic oxidation sites excluding steroid dienone is 1. The van der Waals surface area contributed by atoms with Gasteiger partial charge in [-0.3, -0.25) is 5.10 Å². The lowest BCUT2D eigenvalue weighted by Crippen LogP contribution is -2.21. The Morgan fingerprint density at radius 1 is 1.36 bits per heavy atom. The lowest BCUT2D eigenvalue weighted by molar-refractivity contribution is 0.372. The van der Waals surface area contributed by atoms with E-state index in [9.17, 15) is 5.26 Å². The number of nitriles is 1. The summed E-state index contributed by atoms with van der Waals surface area (Å²) in [5.74, 6) is 1.34. The van der Waals surface area contributed by atoms with Gasteiger partial charge in [-0.2, -0.15) is 5.26 Å². The smallest absolute Gasteiger partial charge is 0.244 e. The molecule has 1 aliphatic heterocycles. The van der Waals surface area contributed by atoms with Crippen molar-refractivity contribution in [2.75, 3.05) is 14.2 Å². The maximum Gasteiger partial charge on any atom is 0.244 e. The molecule has 2 heterocycles. The first-order valence-corrected chi connectivity index (χ1v) is 8.01. The van der Waals surface area contributed by atoms with Crippen LogP contribution in [0.3, 0.4) is 0 Å². The second kappa shape index (κ2) is 6.77. The SMILES string of the molecule is CCCc1[nH]nc2c1[C@H](c1ccc(OC)cc1OC)C(C#N)=C(N)O2. The molecule has 0 amide bonds. The van der Waals surface area contributed by atoms with Crippen LogP contribution in [-0.4, -0.2) is 24.4 Å². The second-order valence-corrected chi connectivity index (χ2v) is 5.70. The van der Waals surface area contributed by atoms with Crippen molar-refractivity contribution >= 4 is 0 Å². The molecule has 0 spiro atoms. The summed E-state index contributed by atoms with van der Waals surface area (Å²) >= 11 is 0. The van der Waals surface area contributed by atoms with Gasteiger partial charge in [0.25, 0.3) is 0 Å². The van der Waals surface area contributed by atoms with Crippen molar-refractivity contribution in [3.63, 3.8) is 0 Å². The molecule has 0 bridgehead atoms. The van der Waals surface area contributed by atoms with Crippen molar-refractivity contribution in [1.82, 2.24) is 10.2 Å². The standard InChI is InChI=1S/C18H20N4O3/c1-4-5-13-16-15(11-7-6-10(23-2)8-14(11)24-3)12(9-19)17(20)25-18(16)22-21-13/h6-8,15H,4-5,20H2,1-3H3,(H,21,22)/t15-/m1/s1. The van der Waals surface area contributed by atoms with Gasteiger partial charge in [0.15, 0.2) is 0 Å². The van der Waals surface area contributed by atoms with Gasteiger partial charge in [0.05, 0.1) is 25.7 Å². The predicted octanol–water partition coefficient (Wildman–Crippen LogP) is 2.60. The first-order valence-electron chi connectivity index (χ1n) is 8.01. The summed E-state index contributed by atoms with van der Waals surface area (Å²) in [5, 5.41) is 16.9. The average Bonchev–Trinajstić information content (AvgIpc) is 3.02. The fourth-order valence-electron chi connectivity index (χ4n) is 3.12. The third-order valence-corrected chi connectivity index (χ3v) is 4.27. The molecule has 0 aliphatic carbocycles. The van der Waals surface area contributed by atoms with E-state index in [1.807, 2.05) is 12.1 Å². The van der Waals surface area contributed by atoms with E-state index in [0.29, 0.717) is 23.0 Å². The summed E-state index contributed by atoms with van der Waals surface area (Å²) in [5.41, 5.74) is 8.89. The number of nitrogens with one attached hydrogen (secondary N) is 1. The summed E-state index contributed by atoms with van der Waals surface area (Å²) in [6, 6.07) is 7.68. The number of nitrogens with zero attached hydrogens (tertiary/aromatic N) is 2.